The topological polar surface area (TPSA) is 63.2 Å². The third-order valence-electron chi connectivity index (χ3n) is 4.28. The highest BCUT2D eigenvalue weighted by Gasteiger charge is 2.23. The van der Waals surface area contributed by atoms with Gasteiger partial charge in [-0.05, 0) is 42.7 Å². The molecule has 0 saturated heterocycles. The monoisotopic (exact) mass is 377 g/mol. The van der Waals surface area contributed by atoms with E-state index in [0.717, 1.165) is 23.3 Å². The Bertz CT molecular complexity index is 863. The average Bonchev–Trinajstić information content (AvgIpc) is 2.59. The lowest BCUT2D eigenvalue weighted by molar-refractivity contribution is -0.123. The summed E-state index contributed by atoms with van der Waals surface area (Å²) in [7, 11) is -3.65. The van der Waals surface area contributed by atoms with Crippen LogP contribution < -0.4 is 5.32 Å². The molecule has 0 saturated carbocycles. The van der Waals surface area contributed by atoms with Crippen LogP contribution in [0.15, 0.2) is 53.4 Å². The highest BCUT2D eigenvalue weighted by Crippen LogP contribution is 2.17. The van der Waals surface area contributed by atoms with E-state index in [4.69, 9.17) is 0 Å². The second-order valence-electron chi connectivity index (χ2n) is 6.70. The van der Waals surface area contributed by atoms with Crippen LogP contribution in [0.5, 0.6) is 0 Å². The van der Waals surface area contributed by atoms with Gasteiger partial charge in [-0.15, -0.1) is 0 Å². The van der Waals surface area contributed by atoms with E-state index in [1.807, 2.05) is 32.0 Å². The Morgan fingerprint density at radius 1 is 1.12 bits per heavy atom. The first kappa shape index (κ1) is 20.1. The fourth-order valence-corrected chi connectivity index (χ4v) is 4.22. The van der Waals surface area contributed by atoms with Crippen LogP contribution in [0.4, 0.5) is 4.39 Å². The number of nitrogens with one attached hydrogen (secondary N) is 1. The molecule has 1 amide bonds. The summed E-state index contributed by atoms with van der Waals surface area (Å²) >= 11 is 0. The maximum absolute atomic E-state index is 12.9. The van der Waals surface area contributed by atoms with Crippen molar-refractivity contribution in [1.82, 2.24) is 5.32 Å². The molecule has 6 heteroatoms. The molecule has 0 aromatic heterocycles. The maximum Gasteiger partial charge on any atom is 0.223 e. The predicted molar refractivity (Wildman–Crippen MR) is 100 cm³/mol. The molecule has 0 heterocycles. The van der Waals surface area contributed by atoms with E-state index in [9.17, 15) is 17.6 Å². The average molecular weight is 377 g/mol. The number of benzene rings is 2. The number of sulfone groups is 1. The van der Waals surface area contributed by atoms with Crippen LogP contribution in [0.1, 0.15) is 30.9 Å². The summed E-state index contributed by atoms with van der Waals surface area (Å²) in [5, 5.41) is 2.82. The van der Waals surface area contributed by atoms with E-state index >= 15 is 0 Å². The molecule has 2 unspecified atom stereocenters. The summed E-state index contributed by atoms with van der Waals surface area (Å²) < 4.78 is 37.7. The van der Waals surface area contributed by atoms with Gasteiger partial charge in [0.15, 0.2) is 9.84 Å². The van der Waals surface area contributed by atoms with Crippen molar-refractivity contribution in [2.75, 3.05) is 12.3 Å². The minimum absolute atomic E-state index is 0.0201. The maximum atomic E-state index is 12.9. The van der Waals surface area contributed by atoms with Gasteiger partial charge in [0.2, 0.25) is 5.91 Å². The van der Waals surface area contributed by atoms with Crippen LogP contribution in [-0.4, -0.2) is 26.6 Å². The molecule has 0 bridgehead atoms. The van der Waals surface area contributed by atoms with Crippen molar-refractivity contribution in [2.24, 2.45) is 5.92 Å². The molecule has 0 radical (unpaired) electrons. The molecule has 140 valence electrons. The largest absolute Gasteiger partial charge is 0.355 e. The zero-order valence-corrected chi connectivity index (χ0v) is 16.0. The van der Waals surface area contributed by atoms with Gasteiger partial charge in [0, 0.05) is 12.5 Å². The van der Waals surface area contributed by atoms with Crippen LogP contribution in [-0.2, 0) is 14.6 Å². The predicted octanol–water partition coefficient (Wildman–Crippen LogP) is 3.46. The number of carbonyl (C=O) groups excluding carboxylic acids is 1. The molecule has 2 rings (SSSR count). The van der Waals surface area contributed by atoms with E-state index < -0.39 is 21.6 Å². The standard InChI is InChI=1S/C20H24FNO3S/c1-14-5-4-6-17(11-14)15(2)12-22-20(23)16(3)13-26(24,25)19-9-7-18(21)8-10-19/h4-11,15-16H,12-13H2,1-3H3,(H,22,23). The number of hydrogen-bond acceptors (Lipinski definition) is 3. The summed E-state index contributed by atoms with van der Waals surface area (Å²) in [6, 6.07) is 12.7. The van der Waals surface area contributed by atoms with Crippen LogP contribution in [0.25, 0.3) is 0 Å². The van der Waals surface area contributed by atoms with Gasteiger partial charge in [0.25, 0.3) is 0 Å². The van der Waals surface area contributed by atoms with Crippen molar-refractivity contribution in [1.29, 1.82) is 0 Å². The van der Waals surface area contributed by atoms with Gasteiger partial charge in [-0.25, -0.2) is 12.8 Å². The molecule has 26 heavy (non-hydrogen) atoms. The van der Waals surface area contributed by atoms with Crippen molar-refractivity contribution < 1.29 is 17.6 Å². The van der Waals surface area contributed by atoms with Gasteiger partial charge in [0.05, 0.1) is 10.6 Å². The fraction of sp³-hybridized carbons (Fsp3) is 0.350. The number of aryl methyl sites for hydroxylation is 1. The van der Waals surface area contributed by atoms with E-state index in [2.05, 4.69) is 11.4 Å². The Morgan fingerprint density at radius 2 is 1.77 bits per heavy atom. The first-order valence-electron chi connectivity index (χ1n) is 8.51. The van der Waals surface area contributed by atoms with Gasteiger partial charge >= 0.3 is 0 Å². The molecule has 0 aliphatic heterocycles. The molecule has 0 fully saturated rings. The lowest BCUT2D eigenvalue weighted by Crippen LogP contribution is -2.35. The molecule has 4 nitrogen and oxygen atoms in total. The molecule has 2 aromatic rings. The summed E-state index contributed by atoms with van der Waals surface area (Å²) in [4.78, 5) is 12.3. The first-order valence-corrected chi connectivity index (χ1v) is 10.2. The number of amides is 1. The van der Waals surface area contributed by atoms with Crippen molar-refractivity contribution in [3.8, 4) is 0 Å². The van der Waals surface area contributed by atoms with Gasteiger partial charge in [-0.2, -0.15) is 0 Å². The number of halogens is 1. The normalized spacial score (nSPS) is 13.8. The molecular formula is C20H24FNO3S. The lowest BCUT2D eigenvalue weighted by Gasteiger charge is -2.17. The molecular weight excluding hydrogens is 353 g/mol. The minimum Gasteiger partial charge on any atom is -0.355 e. The third kappa shape index (κ3) is 5.39. The van der Waals surface area contributed by atoms with Crippen molar-refractivity contribution in [3.63, 3.8) is 0 Å². The van der Waals surface area contributed by atoms with Gasteiger partial charge < -0.3 is 5.32 Å². The fourth-order valence-electron chi connectivity index (χ4n) is 2.67. The zero-order chi connectivity index (χ0) is 19.3. The quantitative estimate of drug-likeness (QED) is 0.752. The SMILES string of the molecule is Cc1cccc(C(C)CNC(=O)C(C)CS(=O)(=O)c2ccc(F)cc2)c1. The minimum atomic E-state index is -3.65. The second-order valence-corrected chi connectivity index (χ2v) is 8.73. The molecule has 0 aliphatic rings. The summed E-state index contributed by atoms with van der Waals surface area (Å²) in [5.74, 6) is -1.70. The summed E-state index contributed by atoms with van der Waals surface area (Å²) in [5.41, 5.74) is 2.27. The van der Waals surface area contributed by atoms with Crippen LogP contribution in [0.2, 0.25) is 0 Å². The zero-order valence-electron chi connectivity index (χ0n) is 15.2. The Labute approximate surface area is 154 Å². The van der Waals surface area contributed by atoms with Gasteiger partial charge in [-0.3, -0.25) is 4.79 Å². The molecule has 2 aromatic carbocycles. The van der Waals surface area contributed by atoms with Crippen LogP contribution >= 0.6 is 0 Å². The Morgan fingerprint density at radius 3 is 2.38 bits per heavy atom. The third-order valence-corrected chi connectivity index (χ3v) is 6.21. The Hall–Kier alpha value is -2.21. The van der Waals surface area contributed by atoms with Crippen molar-refractivity contribution in [2.45, 2.75) is 31.6 Å². The van der Waals surface area contributed by atoms with Crippen molar-refractivity contribution in [3.05, 3.63) is 65.5 Å². The smallest absolute Gasteiger partial charge is 0.223 e. The Balaban J connectivity index is 1.93. The first-order chi connectivity index (χ1) is 12.2. The van der Waals surface area contributed by atoms with E-state index in [0.29, 0.717) is 6.54 Å². The second kappa shape index (κ2) is 8.45. The molecule has 1 N–H and O–H groups in total. The lowest BCUT2D eigenvalue weighted by atomic mass is 9.99. The number of rotatable bonds is 7. The molecule has 0 spiro atoms. The molecule has 0 aliphatic carbocycles. The van der Waals surface area contributed by atoms with E-state index in [-0.39, 0.29) is 22.5 Å². The highest BCUT2D eigenvalue weighted by atomic mass is 32.2. The van der Waals surface area contributed by atoms with Crippen LogP contribution in [0.3, 0.4) is 0 Å². The molecule has 2 atom stereocenters. The van der Waals surface area contributed by atoms with E-state index in [1.54, 1.807) is 6.92 Å². The van der Waals surface area contributed by atoms with Crippen molar-refractivity contribution >= 4 is 15.7 Å². The van der Waals surface area contributed by atoms with E-state index in [1.165, 1.54) is 12.1 Å². The number of hydrogen-bond donors (Lipinski definition) is 1. The van der Waals surface area contributed by atoms with Gasteiger partial charge in [0.1, 0.15) is 5.82 Å². The number of carbonyl (C=O) groups is 1. The summed E-state index contributed by atoms with van der Waals surface area (Å²) in [6.45, 7) is 6.03. The van der Waals surface area contributed by atoms with Crippen LogP contribution in [0, 0.1) is 18.7 Å². The highest BCUT2D eigenvalue weighted by molar-refractivity contribution is 7.91. The Kier molecular flexibility index (Phi) is 6.53. The van der Waals surface area contributed by atoms with Gasteiger partial charge in [-0.1, -0.05) is 43.7 Å². The summed E-state index contributed by atoms with van der Waals surface area (Å²) in [6.07, 6.45) is 0.